The van der Waals surface area contributed by atoms with Crippen molar-refractivity contribution in [1.29, 1.82) is 0 Å². The van der Waals surface area contributed by atoms with E-state index in [-0.39, 0.29) is 24.3 Å². The van der Waals surface area contributed by atoms with Crippen LogP contribution in [0.4, 0.5) is 10.1 Å². The van der Waals surface area contributed by atoms with Gasteiger partial charge in [-0.1, -0.05) is 6.42 Å². The normalized spacial score (nSPS) is 18.7. The molecule has 9 heteroatoms. The molecule has 8 nitrogen and oxygen atoms in total. The smallest absolute Gasteiger partial charge is 0.220 e. The highest BCUT2D eigenvalue weighted by atomic mass is 19.1. The lowest BCUT2D eigenvalue weighted by molar-refractivity contribution is 0.279. The number of guanidine groups is 2. The molecule has 1 aliphatic heterocycles. The first-order valence-electron chi connectivity index (χ1n) is 9.37. The Kier molecular flexibility index (Phi) is 4.66. The lowest BCUT2D eigenvalue weighted by atomic mass is 9.87. The highest BCUT2D eigenvalue weighted by Gasteiger charge is 2.42. The van der Waals surface area contributed by atoms with Gasteiger partial charge in [-0.2, -0.15) is 10.1 Å². The molecule has 0 saturated heterocycles. The van der Waals surface area contributed by atoms with Gasteiger partial charge in [0.2, 0.25) is 11.9 Å². The number of hydrogen-bond acceptors (Lipinski definition) is 7. The van der Waals surface area contributed by atoms with Crippen molar-refractivity contribution < 1.29 is 9.13 Å². The number of halogens is 1. The van der Waals surface area contributed by atoms with E-state index in [1.807, 2.05) is 13.1 Å². The number of ether oxygens (including phenoxy) is 1. The second-order valence-corrected chi connectivity index (χ2v) is 7.17. The Morgan fingerprint density at radius 1 is 1.18 bits per heavy atom. The third-order valence-corrected chi connectivity index (χ3v) is 5.32. The summed E-state index contributed by atoms with van der Waals surface area (Å²) in [4.78, 5) is 10.5. The molecule has 0 amide bonds. The molecule has 1 saturated carbocycles. The maximum atomic E-state index is 14.8. The number of aliphatic imine (C=N–C) groups is 2. The molecule has 1 aromatic carbocycles. The Hall–Kier alpha value is -3.10. The van der Waals surface area contributed by atoms with Gasteiger partial charge >= 0.3 is 0 Å². The van der Waals surface area contributed by atoms with Crippen molar-refractivity contribution in [3.63, 3.8) is 0 Å². The first kappa shape index (κ1) is 18.3. The molecule has 28 heavy (non-hydrogen) atoms. The number of hydrogen-bond donors (Lipinski definition) is 2. The molecule has 1 fully saturated rings. The van der Waals surface area contributed by atoms with Crippen LogP contribution >= 0.6 is 0 Å². The van der Waals surface area contributed by atoms with E-state index in [1.54, 1.807) is 27.9 Å². The first-order valence-corrected chi connectivity index (χ1v) is 9.37. The van der Waals surface area contributed by atoms with E-state index in [0.717, 1.165) is 37.8 Å². The van der Waals surface area contributed by atoms with Crippen molar-refractivity contribution in [1.82, 2.24) is 9.78 Å². The van der Waals surface area contributed by atoms with Crippen molar-refractivity contribution in [2.24, 2.45) is 28.5 Å². The van der Waals surface area contributed by atoms with Crippen LogP contribution in [0.3, 0.4) is 0 Å². The largest absolute Gasteiger partial charge is 0.484 e. The van der Waals surface area contributed by atoms with Gasteiger partial charge in [-0.15, -0.1) is 0 Å². The Bertz CT molecular complexity index is 930. The predicted octanol–water partition coefficient (Wildman–Crippen LogP) is 2.25. The zero-order valence-electron chi connectivity index (χ0n) is 15.8. The number of aromatic nitrogens is 2. The lowest BCUT2D eigenvalue weighted by Gasteiger charge is -2.45. The van der Waals surface area contributed by atoms with Gasteiger partial charge in [-0.05, 0) is 43.9 Å². The minimum absolute atomic E-state index is 0.165. The molecule has 4 rings (SSSR count). The number of aryl methyl sites for hydroxylation is 1. The summed E-state index contributed by atoms with van der Waals surface area (Å²) in [6.07, 6.45) is 6.42. The number of benzene rings is 1. The van der Waals surface area contributed by atoms with Crippen LogP contribution in [-0.4, -0.2) is 27.4 Å². The van der Waals surface area contributed by atoms with E-state index in [9.17, 15) is 4.39 Å². The second kappa shape index (κ2) is 7.14. The molecule has 148 valence electrons. The summed E-state index contributed by atoms with van der Waals surface area (Å²) in [5, 5.41) is 4.08. The quantitative estimate of drug-likeness (QED) is 0.839. The molecule has 0 bridgehead atoms. The standard InChI is InChI=1S/C19H24FN7O/c1-26-14(7-10-23-26)12-28-16-6-5-13(11-15(16)20)27-18(22)24-17(21)25-19(27)8-3-2-4-9-19/h5-7,10-11H,2-4,8-9,12H2,1H3,(H4,21,22,24,25). The molecule has 4 N–H and O–H groups in total. The van der Waals surface area contributed by atoms with Gasteiger partial charge in [0.1, 0.15) is 12.3 Å². The highest BCUT2D eigenvalue weighted by Crippen LogP contribution is 2.40. The molecule has 1 aromatic heterocycles. The molecule has 0 unspecified atom stereocenters. The summed E-state index contributed by atoms with van der Waals surface area (Å²) in [6.45, 7) is 0.227. The summed E-state index contributed by atoms with van der Waals surface area (Å²) >= 11 is 0. The Balaban J connectivity index is 1.60. The molecule has 2 aliphatic rings. The van der Waals surface area contributed by atoms with Crippen LogP contribution in [-0.2, 0) is 13.7 Å². The SMILES string of the molecule is Cn1nccc1COc1ccc(N2C(N)=NC(N)=NC23CCCCC3)cc1F. The molecular weight excluding hydrogens is 361 g/mol. The maximum Gasteiger partial charge on any atom is 0.220 e. The monoisotopic (exact) mass is 385 g/mol. The summed E-state index contributed by atoms with van der Waals surface area (Å²) in [7, 11) is 1.81. The lowest BCUT2D eigenvalue weighted by Crippen LogP contribution is -2.58. The van der Waals surface area contributed by atoms with E-state index in [1.165, 1.54) is 6.07 Å². The zero-order valence-corrected chi connectivity index (χ0v) is 15.8. The van der Waals surface area contributed by atoms with Gasteiger partial charge in [0.15, 0.2) is 11.6 Å². The third-order valence-electron chi connectivity index (χ3n) is 5.32. The van der Waals surface area contributed by atoms with Crippen molar-refractivity contribution in [3.05, 3.63) is 42.0 Å². The van der Waals surface area contributed by atoms with Crippen LogP contribution < -0.4 is 21.1 Å². The molecule has 1 spiro atoms. The van der Waals surface area contributed by atoms with Gasteiger partial charge < -0.3 is 16.2 Å². The third kappa shape index (κ3) is 3.28. The fraction of sp³-hybridized carbons (Fsp3) is 0.421. The van der Waals surface area contributed by atoms with E-state index in [0.29, 0.717) is 5.69 Å². The molecule has 0 radical (unpaired) electrons. The summed E-state index contributed by atoms with van der Waals surface area (Å²) in [5.41, 5.74) is 12.9. The fourth-order valence-corrected chi connectivity index (χ4v) is 3.94. The number of nitrogens with two attached hydrogens (primary N) is 2. The summed E-state index contributed by atoms with van der Waals surface area (Å²) < 4.78 is 22.1. The summed E-state index contributed by atoms with van der Waals surface area (Å²) in [6, 6.07) is 6.62. The van der Waals surface area contributed by atoms with Crippen LogP contribution in [0.2, 0.25) is 0 Å². The maximum absolute atomic E-state index is 14.8. The van der Waals surface area contributed by atoms with E-state index in [2.05, 4.69) is 15.1 Å². The molecule has 2 aromatic rings. The molecule has 1 aliphatic carbocycles. The predicted molar refractivity (Wildman–Crippen MR) is 105 cm³/mol. The van der Waals surface area contributed by atoms with Crippen LogP contribution in [0.5, 0.6) is 5.75 Å². The van der Waals surface area contributed by atoms with Gasteiger partial charge in [-0.25, -0.2) is 9.38 Å². The van der Waals surface area contributed by atoms with Gasteiger partial charge in [0, 0.05) is 25.0 Å². The molecular formula is C19H24FN7O. The van der Waals surface area contributed by atoms with Gasteiger partial charge in [0.25, 0.3) is 0 Å². The van der Waals surface area contributed by atoms with Crippen molar-refractivity contribution in [2.45, 2.75) is 44.4 Å². The fourth-order valence-electron chi connectivity index (χ4n) is 3.94. The minimum atomic E-state index is -0.600. The number of rotatable bonds is 4. The van der Waals surface area contributed by atoms with Crippen molar-refractivity contribution in [2.75, 3.05) is 4.90 Å². The van der Waals surface area contributed by atoms with Crippen LogP contribution in [0.25, 0.3) is 0 Å². The zero-order chi connectivity index (χ0) is 19.7. The van der Waals surface area contributed by atoms with E-state index >= 15 is 0 Å². The van der Waals surface area contributed by atoms with Crippen LogP contribution in [0.15, 0.2) is 40.4 Å². The van der Waals surface area contributed by atoms with Gasteiger partial charge in [-0.3, -0.25) is 9.58 Å². The van der Waals surface area contributed by atoms with Crippen molar-refractivity contribution >= 4 is 17.6 Å². The van der Waals surface area contributed by atoms with Crippen LogP contribution in [0.1, 0.15) is 37.8 Å². The van der Waals surface area contributed by atoms with Gasteiger partial charge in [0.05, 0.1) is 5.69 Å². The second-order valence-electron chi connectivity index (χ2n) is 7.17. The topological polar surface area (TPSA) is 107 Å². The molecule has 0 atom stereocenters. The van der Waals surface area contributed by atoms with Crippen LogP contribution in [0, 0.1) is 5.82 Å². The number of nitrogens with zero attached hydrogens (tertiary/aromatic N) is 5. The number of anilines is 1. The van der Waals surface area contributed by atoms with E-state index in [4.69, 9.17) is 16.2 Å². The average Bonchev–Trinajstić information content (AvgIpc) is 3.06. The highest BCUT2D eigenvalue weighted by molar-refractivity contribution is 6.05. The minimum Gasteiger partial charge on any atom is -0.484 e. The van der Waals surface area contributed by atoms with Crippen molar-refractivity contribution in [3.8, 4) is 5.75 Å². The Labute approximate surface area is 162 Å². The Morgan fingerprint density at radius 2 is 1.96 bits per heavy atom. The summed E-state index contributed by atoms with van der Waals surface area (Å²) in [5.74, 6) is 0.101. The first-order chi connectivity index (χ1) is 13.5. The average molecular weight is 385 g/mol. The Morgan fingerprint density at radius 3 is 2.64 bits per heavy atom. The molecule has 2 heterocycles. The van der Waals surface area contributed by atoms with E-state index < -0.39 is 11.5 Å².